The Balaban J connectivity index is 2.43. The zero-order chi connectivity index (χ0) is 8.43. The van der Waals surface area contributed by atoms with Gasteiger partial charge in [0.25, 0.3) is 0 Å². The maximum atomic E-state index is 9.42. The average molecular weight is 158 g/mol. The van der Waals surface area contributed by atoms with Gasteiger partial charge in [-0.1, -0.05) is 13.8 Å². The molecule has 0 saturated carbocycles. The second kappa shape index (κ2) is 3.55. The molecule has 0 spiro atoms. The monoisotopic (exact) mass is 158 g/mol. The van der Waals surface area contributed by atoms with Crippen LogP contribution in [0, 0.1) is 5.92 Å². The van der Waals surface area contributed by atoms with E-state index in [0.717, 1.165) is 12.8 Å². The van der Waals surface area contributed by atoms with Gasteiger partial charge in [-0.2, -0.15) is 0 Å². The van der Waals surface area contributed by atoms with Gasteiger partial charge in [0.15, 0.2) is 0 Å². The first-order chi connectivity index (χ1) is 5.09. The van der Waals surface area contributed by atoms with Crippen LogP contribution in [0.25, 0.3) is 0 Å². The molecule has 11 heavy (non-hydrogen) atoms. The van der Waals surface area contributed by atoms with Crippen LogP contribution in [-0.4, -0.2) is 23.4 Å². The third-order valence-corrected chi connectivity index (χ3v) is 2.26. The van der Waals surface area contributed by atoms with Gasteiger partial charge in [0.1, 0.15) is 0 Å². The molecule has 1 rings (SSSR count). The highest BCUT2D eigenvalue weighted by atomic mass is 16.5. The van der Waals surface area contributed by atoms with E-state index in [-0.39, 0.29) is 18.3 Å². The highest BCUT2D eigenvalue weighted by molar-refractivity contribution is 4.76. The Hall–Kier alpha value is -0.0800. The van der Waals surface area contributed by atoms with Crippen LogP contribution in [-0.2, 0) is 4.74 Å². The van der Waals surface area contributed by atoms with Crippen molar-refractivity contribution in [2.75, 3.05) is 0 Å². The predicted octanol–water partition coefficient (Wildman–Crippen LogP) is 1.57. The fraction of sp³-hybridized carbons (Fsp3) is 1.00. The van der Waals surface area contributed by atoms with Gasteiger partial charge in [-0.3, -0.25) is 0 Å². The normalized spacial score (nSPS) is 39.5. The fourth-order valence-electron chi connectivity index (χ4n) is 1.59. The Morgan fingerprint density at radius 2 is 2.00 bits per heavy atom. The molecule has 1 heterocycles. The minimum Gasteiger partial charge on any atom is -0.393 e. The van der Waals surface area contributed by atoms with Crippen LogP contribution < -0.4 is 0 Å². The van der Waals surface area contributed by atoms with Crippen LogP contribution in [0.3, 0.4) is 0 Å². The fourth-order valence-corrected chi connectivity index (χ4v) is 1.59. The number of hydrogen-bond acceptors (Lipinski definition) is 2. The van der Waals surface area contributed by atoms with Crippen LogP contribution in [0.1, 0.15) is 33.6 Å². The molecule has 0 amide bonds. The lowest BCUT2D eigenvalue weighted by atomic mass is 9.95. The summed E-state index contributed by atoms with van der Waals surface area (Å²) in [6.07, 6.45) is 1.94. The van der Waals surface area contributed by atoms with Gasteiger partial charge in [0, 0.05) is 0 Å². The Kier molecular flexibility index (Phi) is 2.90. The van der Waals surface area contributed by atoms with E-state index in [0.29, 0.717) is 5.92 Å². The lowest BCUT2D eigenvalue weighted by Crippen LogP contribution is -2.36. The molecule has 3 atom stereocenters. The minimum atomic E-state index is -0.147. The maximum absolute atomic E-state index is 9.42. The Morgan fingerprint density at radius 1 is 1.36 bits per heavy atom. The van der Waals surface area contributed by atoms with E-state index < -0.39 is 0 Å². The van der Waals surface area contributed by atoms with Crippen molar-refractivity contribution in [2.45, 2.75) is 51.9 Å². The summed E-state index contributed by atoms with van der Waals surface area (Å²) in [6, 6.07) is 0. The van der Waals surface area contributed by atoms with Crippen LogP contribution in [0.15, 0.2) is 0 Å². The largest absolute Gasteiger partial charge is 0.393 e. The first kappa shape index (κ1) is 9.01. The van der Waals surface area contributed by atoms with Gasteiger partial charge in [0.2, 0.25) is 0 Å². The van der Waals surface area contributed by atoms with Crippen molar-refractivity contribution < 1.29 is 9.84 Å². The van der Waals surface area contributed by atoms with Crippen molar-refractivity contribution in [3.8, 4) is 0 Å². The van der Waals surface area contributed by atoms with Crippen LogP contribution in [0.4, 0.5) is 0 Å². The standard InChI is InChI=1S/C9H18O2/c1-6(2)9-5-8(10)4-7(3)11-9/h6-10H,4-5H2,1-3H3. The number of hydrogen-bond donors (Lipinski definition) is 1. The van der Waals surface area contributed by atoms with E-state index in [4.69, 9.17) is 4.74 Å². The molecule has 3 unspecified atom stereocenters. The van der Waals surface area contributed by atoms with Gasteiger partial charge < -0.3 is 9.84 Å². The van der Waals surface area contributed by atoms with E-state index in [1.165, 1.54) is 0 Å². The van der Waals surface area contributed by atoms with Crippen LogP contribution >= 0.6 is 0 Å². The molecule has 2 nitrogen and oxygen atoms in total. The van der Waals surface area contributed by atoms with Crippen LogP contribution in [0.5, 0.6) is 0 Å². The van der Waals surface area contributed by atoms with Gasteiger partial charge in [-0.25, -0.2) is 0 Å². The molecule has 0 aliphatic carbocycles. The van der Waals surface area contributed by atoms with Crippen molar-refractivity contribution in [3.05, 3.63) is 0 Å². The summed E-state index contributed by atoms with van der Waals surface area (Å²) in [5.41, 5.74) is 0. The molecule has 1 fully saturated rings. The highest BCUT2D eigenvalue weighted by Gasteiger charge is 2.27. The molecule has 1 N–H and O–H groups in total. The number of aliphatic hydroxyl groups excluding tert-OH is 1. The van der Waals surface area contributed by atoms with E-state index in [1.807, 2.05) is 6.92 Å². The van der Waals surface area contributed by atoms with Gasteiger partial charge in [0.05, 0.1) is 18.3 Å². The highest BCUT2D eigenvalue weighted by Crippen LogP contribution is 2.23. The molecule has 0 bridgehead atoms. The molecule has 1 aliphatic rings. The molecule has 0 aromatic rings. The Bertz CT molecular complexity index is 113. The second-order valence-electron chi connectivity index (χ2n) is 3.85. The maximum Gasteiger partial charge on any atom is 0.0626 e. The van der Waals surface area contributed by atoms with E-state index in [2.05, 4.69) is 13.8 Å². The summed E-state index contributed by atoms with van der Waals surface area (Å²) < 4.78 is 5.66. The third kappa shape index (κ3) is 2.46. The minimum absolute atomic E-state index is 0.147. The Morgan fingerprint density at radius 3 is 2.45 bits per heavy atom. The second-order valence-corrected chi connectivity index (χ2v) is 3.85. The quantitative estimate of drug-likeness (QED) is 0.627. The molecule has 2 heteroatoms. The van der Waals surface area contributed by atoms with Crippen molar-refractivity contribution in [1.29, 1.82) is 0 Å². The summed E-state index contributed by atoms with van der Waals surface area (Å²) in [5.74, 6) is 0.521. The van der Waals surface area contributed by atoms with Crippen molar-refractivity contribution >= 4 is 0 Å². The zero-order valence-electron chi connectivity index (χ0n) is 7.58. The number of rotatable bonds is 1. The lowest BCUT2D eigenvalue weighted by molar-refractivity contribution is -0.104. The van der Waals surface area contributed by atoms with Crippen LogP contribution in [0.2, 0.25) is 0 Å². The molecule has 1 aliphatic heterocycles. The molecule has 0 aromatic carbocycles. The number of ether oxygens (including phenoxy) is 1. The zero-order valence-corrected chi connectivity index (χ0v) is 7.58. The predicted molar refractivity (Wildman–Crippen MR) is 44.4 cm³/mol. The summed E-state index contributed by atoms with van der Waals surface area (Å²) in [4.78, 5) is 0. The molecular formula is C9H18O2. The van der Waals surface area contributed by atoms with Gasteiger partial charge in [-0.15, -0.1) is 0 Å². The molecular weight excluding hydrogens is 140 g/mol. The van der Waals surface area contributed by atoms with Gasteiger partial charge in [-0.05, 0) is 25.7 Å². The van der Waals surface area contributed by atoms with E-state index in [9.17, 15) is 5.11 Å². The topological polar surface area (TPSA) is 29.5 Å². The molecule has 0 aromatic heterocycles. The first-order valence-electron chi connectivity index (χ1n) is 4.43. The number of aliphatic hydroxyl groups is 1. The average Bonchev–Trinajstić information content (AvgIpc) is 1.85. The molecule has 0 radical (unpaired) electrons. The summed E-state index contributed by atoms with van der Waals surface area (Å²) >= 11 is 0. The van der Waals surface area contributed by atoms with E-state index >= 15 is 0 Å². The Labute approximate surface area is 68.6 Å². The first-order valence-corrected chi connectivity index (χ1v) is 4.43. The van der Waals surface area contributed by atoms with Crippen molar-refractivity contribution in [1.82, 2.24) is 0 Å². The van der Waals surface area contributed by atoms with E-state index in [1.54, 1.807) is 0 Å². The summed E-state index contributed by atoms with van der Waals surface area (Å²) in [6.45, 7) is 6.29. The summed E-state index contributed by atoms with van der Waals surface area (Å²) in [5, 5.41) is 9.42. The van der Waals surface area contributed by atoms with Gasteiger partial charge >= 0.3 is 0 Å². The molecule has 66 valence electrons. The third-order valence-electron chi connectivity index (χ3n) is 2.26. The smallest absolute Gasteiger partial charge is 0.0626 e. The summed E-state index contributed by atoms with van der Waals surface area (Å²) in [7, 11) is 0. The molecule has 1 saturated heterocycles. The van der Waals surface area contributed by atoms with Crippen molar-refractivity contribution in [3.63, 3.8) is 0 Å². The SMILES string of the molecule is CC1CC(O)CC(C(C)C)O1. The van der Waals surface area contributed by atoms with Crippen molar-refractivity contribution in [2.24, 2.45) is 5.92 Å². The lowest BCUT2D eigenvalue weighted by Gasteiger charge is -2.33.